The van der Waals surface area contributed by atoms with E-state index in [0.29, 0.717) is 12.3 Å². The van der Waals surface area contributed by atoms with Crippen LogP contribution in [0.3, 0.4) is 0 Å². The van der Waals surface area contributed by atoms with Crippen LogP contribution >= 0.6 is 11.8 Å². The van der Waals surface area contributed by atoms with E-state index in [-0.39, 0.29) is 5.56 Å². The lowest BCUT2D eigenvalue weighted by Crippen LogP contribution is -2.25. The fourth-order valence-electron chi connectivity index (χ4n) is 3.18. The molecular formula is C17H18N4OS. The van der Waals surface area contributed by atoms with Gasteiger partial charge in [0.1, 0.15) is 0 Å². The molecule has 0 radical (unpaired) electrons. The van der Waals surface area contributed by atoms with E-state index in [1.807, 2.05) is 29.0 Å². The number of aromatic nitrogens is 4. The molecule has 0 amide bonds. The van der Waals surface area contributed by atoms with Crippen molar-refractivity contribution in [2.45, 2.75) is 37.4 Å². The third kappa shape index (κ3) is 2.47. The Labute approximate surface area is 138 Å². The highest BCUT2D eigenvalue weighted by molar-refractivity contribution is 7.98. The molecule has 1 aliphatic rings. The van der Waals surface area contributed by atoms with E-state index in [0.717, 1.165) is 42.1 Å². The molecule has 6 heteroatoms. The first kappa shape index (κ1) is 14.5. The Bertz CT molecular complexity index is 914. The van der Waals surface area contributed by atoms with E-state index in [2.05, 4.69) is 17.2 Å². The zero-order valence-corrected chi connectivity index (χ0v) is 13.8. The van der Waals surface area contributed by atoms with Gasteiger partial charge in [-0.1, -0.05) is 42.1 Å². The number of fused-ring (bicyclic) bond motifs is 2. The van der Waals surface area contributed by atoms with Crippen LogP contribution in [0.5, 0.6) is 0 Å². The summed E-state index contributed by atoms with van der Waals surface area (Å²) in [6.45, 7) is 0.672. The lowest BCUT2D eigenvalue weighted by atomic mass is 9.97. The van der Waals surface area contributed by atoms with E-state index in [9.17, 15) is 4.79 Å². The fraction of sp³-hybridized carbons (Fsp3) is 0.353. The van der Waals surface area contributed by atoms with Gasteiger partial charge in [-0.05, 0) is 37.5 Å². The van der Waals surface area contributed by atoms with E-state index >= 15 is 0 Å². The maximum absolute atomic E-state index is 12.7. The average molecular weight is 326 g/mol. The van der Waals surface area contributed by atoms with E-state index in [4.69, 9.17) is 4.98 Å². The highest BCUT2D eigenvalue weighted by Gasteiger charge is 2.21. The van der Waals surface area contributed by atoms with Crippen molar-refractivity contribution in [2.24, 2.45) is 0 Å². The van der Waals surface area contributed by atoms with Crippen molar-refractivity contribution in [3.8, 4) is 0 Å². The first-order valence-corrected chi connectivity index (χ1v) is 9.09. The largest absolute Gasteiger partial charge is 0.283 e. The monoisotopic (exact) mass is 326 g/mol. The molecule has 2 heterocycles. The normalized spacial score (nSPS) is 14.1. The molecule has 3 aromatic rings. The smallest absolute Gasteiger partial charge is 0.279 e. The van der Waals surface area contributed by atoms with Crippen LogP contribution in [0.4, 0.5) is 0 Å². The second-order valence-corrected chi connectivity index (χ2v) is 6.59. The number of benzene rings is 1. The van der Waals surface area contributed by atoms with Crippen molar-refractivity contribution >= 4 is 17.5 Å². The van der Waals surface area contributed by atoms with Crippen LogP contribution in [0.25, 0.3) is 5.78 Å². The predicted octanol–water partition coefficient (Wildman–Crippen LogP) is 2.54. The summed E-state index contributed by atoms with van der Waals surface area (Å²) in [6.07, 6.45) is 5.87. The van der Waals surface area contributed by atoms with Gasteiger partial charge in [0.15, 0.2) is 5.16 Å². The Morgan fingerprint density at radius 3 is 2.74 bits per heavy atom. The Kier molecular flexibility index (Phi) is 3.69. The molecule has 2 aromatic heterocycles. The summed E-state index contributed by atoms with van der Waals surface area (Å²) >= 11 is 1.54. The van der Waals surface area contributed by atoms with Crippen LogP contribution in [0.1, 0.15) is 29.7 Å². The number of hydrogen-bond donors (Lipinski definition) is 0. The van der Waals surface area contributed by atoms with E-state index in [1.165, 1.54) is 10.1 Å². The molecule has 0 N–H and O–H groups in total. The van der Waals surface area contributed by atoms with Gasteiger partial charge >= 0.3 is 0 Å². The fourth-order valence-corrected chi connectivity index (χ4v) is 3.71. The summed E-state index contributed by atoms with van der Waals surface area (Å²) in [5.74, 6) is 0.656. The van der Waals surface area contributed by atoms with Crippen LogP contribution in [-0.4, -0.2) is 25.4 Å². The SMILES string of the molecule is CSc1nn2c(=O)c3c(nc2n1Cc1ccccc1)CCCC3. The number of hydrogen-bond acceptors (Lipinski definition) is 4. The summed E-state index contributed by atoms with van der Waals surface area (Å²) in [4.78, 5) is 17.5. The quantitative estimate of drug-likeness (QED) is 0.694. The molecule has 1 aromatic carbocycles. The van der Waals surface area contributed by atoms with Crippen LogP contribution in [0, 0.1) is 0 Å². The maximum Gasteiger partial charge on any atom is 0.279 e. The highest BCUT2D eigenvalue weighted by Crippen LogP contribution is 2.21. The zero-order valence-electron chi connectivity index (χ0n) is 13.0. The van der Waals surface area contributed by atoms with Gasteiger partial charge in [0, 0.05) is 5.56 Å². The van der Waals surface area contributed by atoms with Crippen LogP contribution in [0.2, 0.25) is 0 Å². The molecule has 23 heavy (non-hydrogen) atoms. The van der Waals surface area contributed by atoms with Gasteiger partial charge in [-0.3, -0.25) is 9.36 Å². The van der Waals surface area contributed by atoms with E-state index < -0.39 is 0 Å². The van der Waals surface area contributed by atoms with Crippen molar-refractivity contribution in [1.82, 2.24) is 19.2 Å². The number of thioether (sulfide) groups is 1. The predicted molar refractivity (Wildman–Crippen MR) is 91.2 cm³/mol. The molecule has 0 unspecified atom stereocenters. The Hall–Kier alpha value is -2.08. The Balaban J connectivity index is 1.92. The molecule has 0 spiro atoms. The third-order valence-corrected chi connectivity index (χ3v) is 5.00. The van der Waals surface area contributed by atoms with Crippen molar-refractivity contribution in [3.05, 3.63) is 57.5 Å². The molecule has 0 saturated carbocycles. The summed E-state index contributed by atoms with van der Waals surface area (Å²) in [5.41, 5.74) is 3.00. The minimum Gasteiger partial charge on any atom is -0.283 e. The Morgan fingerprint density at radius 1 is 1.17 bits per heavy atom. The molecule has 4 rings (SSSR count). The topological polar surface area (TPSA) is 52.2 Å². The van der Waals surface area contributed by atoms with Crippen molar-refractivity contribution in [2.75, 3.05) is 6.26 Å². The highest BCUT2D eigenvalue weighted by atomic mass is 32.2. The van der Waals surface area contributed by atoms with Gasteiger partial charge < -0.3 is 0 Å². The molecule has 1 aliphatic carbocycles. The van der Waals surface area contributed by atoms with Crippen molar-refractivity contribution in [1.29, 1.82) is 0 Å². The zero-order chi connectivity index (χ0) is 15.8. The van der Waals surface area contributed by atoms with E-state index in [1.54, 1.807) is 11.8 Å². The lowest BCUT2D eigenvalue weighted by Gasteiger charge is -2.14. The molecule has 0 atom stereocenters. The minimum atomic E-state index is 0.00631. The number of nitrogens with zero attached hydrogens (tertiary/aromatic N) is 4. The van der Waals surface area contributed by atoms with Crippen molar-refractivity contribution in [3.63, 3.8) is 0 Å². The van der Waals surface area contributed by atoms with Gasteiger partial charge in [0.05, 0.1) is 12.2 Å². The number of rotatable bonds is 3. The van der Waals surface area contributed by atoms with Crippen LogP contribution < -0.4 is 5.56 Å². The summed E-state index contributed by atoms with van der Waals surface area (Å²) in [6, 6.07) is 10.2. The third-order valence-electron chi connectivity index (χ3n) is 4.34. The first-order valence-electron chi connectivity index (χ1n) is 7.87. The summed E-state index contributed by atoms with van der Waals surface area (Å²) < 4.78 is 3.52. The average Bonchev–Trinajstić information content (AvgIpc) is 2.94. The van der Waals surface area contributed by atoms with Gasteiger partial charge in [0.2, 0.25) is 5.78 Å². The lowest BCUT2D eigenvalue weighted by molar-refractivity contribution is 0.648. The molecule has 0 saturated heterocycles. The van der Waals surface area contributed by atoms with Crippen molar-refractivity contribution < 1.29 is 0 Å². The van der Waals surface area contributed by atoms with Gasteiger partial charge in [-0.15, -0.1) is 5.10 Å². The van der Waals surface area contributed by atoms with Crippen LogP contribution in [0.15, 0.2) is 40.3 Å². The van der Waals surface area contributed by atoms with Gasteiger partial charge in [-0.2, -0.15) is 4.52 Å². The standard InChI is InChI=1S/C17H18N4OS/c1-23-17-19-21-15(22)13-9-5-6-10-14(13)18-16(21)20(17)11-12-7-3-2-4-8-12/h2-4,7-8H,5-6,9-11H2,1H3. The molecular weight excluding hydrogens is 308 g/mol. The molecule has 0 bridgehead atoms. The second-order valence-electron chi connectivity index (χ2n) is 5.82. The maximum atomic E-state index is 12.7. The molecule has 5 nitrogen and oxygen atoms in total. The van der Waals surface area contributed by atoms with Crippen LogP contribution in [-0.2, 0) is 19.4 Å². The summed E-state index contributed by atoms with van der Waals surface area (Å²) in [7, 11) is 0. The number of aryl methyl sites for hydroxylation is 1. The Morgan fingerprint density at radius 2 is 1.96 bits per heavy atom. The molecule has 0 fully saturated rings. The van der Waals surface area contributed by atoms with Gasteiger partial charge in [0.25, 0.3) is 5.56 Å². The first-order chi connectivity index (χ1) is 11.3. The second kappa shape index (κ2) is 5.85. The minimum absolute atomic E-state index is 0.00631. The van der Waals surface area contributed by atoms with Gasteiger partial charge in [-0.25, -0.2) is 4.98 Å². The summed E-state index contributed by atoms with van der Waals surface area (Å²) in [5, 5.41) is 5.32. The molecule has 0 aliphatic heterocycles. The molecule has 118 valence electrons.